The summed E-state index contributed by atoms with van der Waals surface area (Å²) in [4.78, 5) is 28.3. The first-order chi connectivity index (χ1) is 15.9. The van der Waals surface area contributed by atoms with Gasteiger partial charge in [-0.25, -0.2) is 8.78 Å². The quantitative estimate of drug-likeness (QED) is 0.495. The second kappa shape index (κ2) is 7.74. The van der Waals surface area contributed by atoms with Crippen LogP contribution in [0.15, 0.2) is 69.9 Å². The minimum absolute atomic E-state index is 0.0147. The summed E-state index contributed by atoms with van der Waals surface area (Å²) in [5.41, 5.74) is 0.753. The van der Waals surface area contributed by atoms with E-state index in [1.807, 2.05) is 0 Å². The van der Waals surface area contributed by atoms with E-state index in [0.717, 1.165) is 12.1 Å². The molecule has 1 N–H and O–H groups in total. The Balaban J connectivity index is 1.73. The number of aromatic hydroxyl groups is 1. The number of carbonyl (C=O) groups is 1. The number of phenolic OH excluding ortho intramolecular Hbond substituents is 1. The lowest BCUT2D eigenvalue weighted by molar-refractivity contribution is 0.0714. The molecule has 6 nitrogen and oxygen atoms in total. The maximum absolute atomic E-state index is 13.9. The van der Waals surface area contributed by atoms with E-state index in [9.17, 15) is 23.5 Å². The van der Waals surface area contributed by atoms with Crippen molar-refractivity contribution < 1.29 is 27.8 Å². The third-order valence-electron chi connectivity index (χ3n) is 5.71. The summed E-state index contributed by atoms with van der Waals surface area (Å²) in [6.45, 7) is 0.0569. The van der Waals surface area contributed by atoms with Crippen molar-refractivity contribution in [1.29, 1.82) is 0 Å². The predicted octanol–water partition coefficient (Wildman–Crippen LogP) is 4.53. The van der Waals surface area contributed by atoms with Crippen LogP contribution in [0, 0.1) is 11.6 Å². The molecule has 0 fully saturated rings. The van der Waals surface area contributed by atoms with Crippen LogP contribution in [-0.2, 0) is 6.54 Å². The molecule has 0 aliphatic carbocycles. The maximum Gasteiger partial charge on any atom is 0.291 e. The molecular formula is C25H17F2NO5. The summed E-state index contributed by atoms with van der Waals surface area (Å²) < 4.78 is 38.2. The molecule has 1 aliphatic heterocycles. The molecule has 0 unspecified atom stereocenters. The van der Waals surface area contributed by atoms with Crippen molar-refractivity contribution >= 4 is 16.9 Å². The summed E-state index contributed by atoms with van der Waals surface area (Å²) in [5, 5.41) is 10.0. The molecule has 0 bridgehead atoms. The molecule has 1 aliphatic rings. The standard InChI is InChI=1S/C25H17F2NO5/c1-32-20-10-14(4-8-18(20)29)22-21-23(30)17-11-16(27)7-9-19(17)33-24(21)25(31)28(22)12-13-2-5-15(26)6-3-13/h2-11,22,29H,12H2,1H3/t22-/m1/s1. The molecule has 1 atom stereocenters. The van der Waals surface area contributed by atoms with Crippen molar-refractivity contribution in [2.75, 3.05) is 7.11 Å². The van der Waals surface area contributed by atoms with Crippen LogP contribution in [0.1, 0.15) is 33.3 Å². The highest BCUT2D eigenvalue weighted by Crippen LogP contribution is 2.41. The Bertz CT molecular complexity index is 1460. The Kier molecular flexibility index (Phi) is 4.85. The number of phenols is 1. The van der Waals surface area contributed by atoms with Crippen molar-refractivity contribution in [2.24, 2.45) is 0 Å². The molecule has 0 spiro atoms. The number of rotatable bonds is 4. The Hall–Kier alpha value is -4.20. The smallest absolute Gasteiger partial charge is 0.291 e. The molecule has 5 rings (SSSR count). The lowest BCUT2D eigenvalue weighted by atomic mass is 9.97. The summed E-state index contributed by atoms with van der Waals surface area (Å²) in [5.74, 6) is -1.65. The normalized spacial score (nSPS) is 15.2. The molecule has 166 valence electrons. The number of methoxy groups -OCH3 is 1. The average molecular weight is 449 g/mol. The SMILES string of the molecule is COc1cc([C@@H]2c3c(oc4ccc(F)cc4c3=O)C(=O)N2Cc2ccc(F)cc2)ccc1O. The van der Waals surface area contributed by atoms with E-state index < -0.39 is 29.0 Å². The second-order valence-corrected chi connectivity index (χ2v) is 7.71. The second-order valence-electron chi connectivity index (χ2n) is 7.71. The van der Waals surface area contributed by atoms with E-state index in [1.54, 1.807) is 18.2 Å². The summed E-state index contributed by atoms with van der Waals surface area (Å²) in [7, 11) is 1.38. The number of carbonyl (C=O) groups excluding carboxylic acids is 1. The lowest BCUT2D eigenvalue weighted by Gasteiger charge is -2.25. The highest BCUT2D eigenvalue weighted by Gasteiger charge is 2.43. The third-order valence-corrected chi connectivity index (χ3v) is 5.71. The van der Waals surface area contributed by atoms with Gasteiger partial charge in [0.25, 0.3) is 5.91 Å². The van der Waals surface area contributed by atoms with Crippen LogP contribution in [0.25, 0.3) is 11.0 Å². The Labute approximate surface area is 186 Å². The monoisotopic (exact) mass is 449 g/mol. The van der Waals surface area contributed by atoms with Crippen molar-refractivity contribution in [3.8, 4) is 11.5 Å². The van der Waals surface area contributed by atoms with E-state index in [0.29, 0.717) is 11.1 Å². The molecule has 1 amide bonds. The van der Waals surface area contributed by atoms with Crippen LogP contribution in [-0.4, -0.2) is 23.0 Å². The van der Waals surface area contributed by atoms with E-state index >= 15 is 0 Å². The van der Waals surface area contributed by atoms with E-state index in [2.05, 4.69) is 0 Å². The molecule has 2 heterocycles. The Morgan fingerprint density at radius 3 is 2.45 bits per heavy atom. The highest BCUT2D eigenvalue weighted by atomic mass is 19.1. The van der Waals surface area contributed by atoms with Gasteiger partial charge in [-0.05, 0) is 53.6 Å². The topological polar surface area (TPSA) is 80.0 Å². The van der Waals surface area contributed by atoms with E-state index in [4.69, 9.17) is 9.15 Å². The van der Waals surface area contributed by atoms with Crippen molar-refractivity contribution in [3.63, 3.8) is 0 Å². The molecule has 4 aromatic rings. The number of ether oxygens (including phenoxy) is 1. The molecule has 8 heteroatoms. The molecular weight excluding hydrogens is 432 g/mol. The van der Waals surface area contributed by atoms with Gasteiger partial charge in [0.15, 0.2) is 16.9 Å². The predicted molar refractivity (Wildman–Crippen MR) is 115 cm³/mol. The Morgan fingerprint density at radius 2 is 1.73 bits per heavy atom. The number of halogens is 2. The van der Waals surface area contributed by atoms with Gasteiger partial charge >= 0.3 is 0 Å². The Morgan fingerprint density at radius 1 is 1.00 bits per heavy atom. The molecule has 0 saturated heterocycles. The third kappa shape index (κ3) is 3.40. The van der Waals surface area contributed by atoms with Crippen LogP contribution in [0.5, 0.6) is 11.5 Å². The largest absolute Gasteiger partial charge is 0.504 e. The van der Waals surface area contributed by atoms with E-state index in [-0.39, 0.29) is 40.3 Å². The fourth-order valence-electron chi connectivity index (χ4n) is 4.15. The number of amides is 1. The maximum atomic E-state index is 13.9. The van der Waals surface area contributed by atoms with Gasteiger partial charge in [0.1, 0.15) is 17.2 Å². The van der Waals surface area contributed by atoms with Crippen molar-refractivity contribution in [1.82, 2.24) is 4.90 Å². The van der Waals surface area contributed by atoms with Gasteiger partial charge in [-0.3, -0.25) is 9.59 Å². The fourth-order valence-corrected chi connectivity index (χ4v) is 4.15. The summed E-state index contributed by atoms with van der Waals surface area (Å²) in [6, 6.07) is 12.8. The zero-order chi connectivity index (χ0) is 23.3. The van der Waals surface area contributed by atoms with Crippen LogP contribution in [0.3, 0.4) is 0 Å². The van der Waals surface area contributed by atoms with Crippen molar-refractivity contribution in [2.45, 2.75) is 12.6 Å². The first-order valence-electron chi connectivity index (χ1n) is 10.1. The number of nitrogens with zero attached hydrogens (tertiary/aromatic N) is 1. The van der Waals surface area contributed by atoms with Gasteiger partial charge < -0.3 is 19.2 Å². The van der Waals surface area contributed by atoms with Gasteiger partial charge in [-0.1, -0.05) is 18.2 Å². The van der Waals surface area contributed by atoms with Crippen LogP contribution < -0.4 is 10.2 Å². The average Bonchev–Trinajstić information content (AvgIpc) is 3.08. The summed E-state index contributed by atoms with van der Waals surface area (Å²) in [6.07, 6.45) is 0. The van der Waals surface area contributed by atoms with Gasteiger partial charge in [0.2, 0.25) is 5.76 Å². The molecule has 33 heavy (non-hydrogen) atoms. The van der Waals surface area contributed by atoms with Gasteiger partial charge in [0, 0.05) is 6.54 Å². The minimum Gasteiger partial charge on any atom is -0.504 e. The molecule has 0 radical (unpaired) electrons. The van der Waals surface area contributed by atoms with Crippen LogP contribution in [0.4, 0.5) is 8.78 Å². The van der Waals surface area contributed by atoms with Gasteiger partial charge in [0.05, 0.1) is 24.1 Å². The van der Waals surface area contributed by atoms with Gasteiger partial charge in [-0.2, -0.15) is 0 Å². The molecule has 0 saturated carbocycles. The minimum atomic E-state index is -0.893. The van der Waals surface area contributed by atoms with Gasteiger partial charge in [-0.15, -0.1) is 0 Å². The first-order valence-corrected chi connectivity index (χ1v) is 10.1. The van der Waals surface area contributed by atoms with Crippen molar-refractivity contribution in [3.05, 3.63) is 105 Å². The zero-order valence-electron chi connectivity index (χ0n) is 17.3. The zero-order valence-corrected chi connectivity index (χ0v) is 17.3. The summed E-state index contributed by atoms with van der Waals surface area (Å²) >= 11 is 0. The lowest BCUT2D eigenvalue weighted by Crippen LogP contribution is -2.29. The first kappa shape index (κ1) is 20.7. The van der Waals surface area contributed by atoms with Crippen LogP contribution in [0.2, 0.25) is 0 Å². The number of hydrogen-bond acceptors (Lipinski definition) is 5. The van der Waals surface area contributed by atoms with E-state index in [1.165, 1.54) is 42.3 Å². The number of benzene rings is 3. The molecule has 1 aromatic heterocycles. The number of hydrogen-bond donors (Lipinski definition) is 1. The fraction of sp³-hybridized carbons (Fsp3) is 0.120. The number of fused-ring (bicyclic) bond motifs is 2. The highest BCUT2D eigenvalue weighted by molar-refractivity contribution is 5.99. The van der Waals surface area contributed by atoms with Crippen LogP contribution >= 0.6 is 0 Å². The molecule has 3 aromatic carbocycles.